The SMILES string of the molecule is COc1ccc(CC(=O)Nc2ccccc2OC)cc1. The highest BCUT2D eigenvalue weighted by Gasteiger charge is 2.07. The molecule has 0 aromatic heterocycles. The predicted octanol–water partition coefficient (Wildman–Crippen LogP) is 2.89. The van der Waals surface area contributed by atoms with Gasteiger partial charge < -0.3 is 14.8 Å². The Morgan fingerprint density at radius 1 is 1.00 bits per heavy atom. The lowest BCUT2D eigenvalue weighted by Gasteiger charge is -2.10. The van der Waals surface area contributed by atoms with Crippen LogP contribution in [0.25, 0.3) is 0 Å². The van der Waals surface area contributed by atoms with Crippen LogP contribution < -0.4 is 14.8 Å². The van der Waals surface area contributed by atoms with Gasteiger partial charge in [-0.2, -0.15) is 0 Å². The van der Waals surface area contributed by atoms with Crippen LogP contribution >= 0.6 is 0 Å². The summed E-state index contributed by atoms with van der Waals surface area (Å²) in [5, 5.41) is 2.84. The van der Waals surface area contributed by atoms with Crippen LogP contribution in [-0.2, 0) is 11.2 Å². The monoisotopic (exact) mass is 271 g/mol. The molecular weight excluding hydrogens is 254 g/mol. The molecule has 0 saturated heterocycles. The van der Waals surface area contributed by atoms with Gasteiger partial charge in [0.05, 0.1) is 26.3 Å². The first-order valence-corrected chi connectivity index (χ1v) is 6.28. The Bertz CT molecular complexity index is 579. The van der Waals surface area contributed by atoms with Gasteiger partial charge >= 0.3 is 0 Å². The first kappa shape index (κ1) is 13.9. The van der Waals surface area contributed by atoms with Gasteiger partial charge in [-0.15, -0.1) is 0 Å². The van der Waals surface area contributed by atoms with E-state index in [0.717, 1.165) is 11.3 Å². The average Bonchev–Trinajstić information content (AvgIpc) is 2.48. The van der Waals surface area contributed by atoms with E-state index in [1.54, 1.807) is 14.2 Å². The first-order chi connectivity index (χ1) is 9.72. The van der Waals surface area contributed by atoms with Crippen LogP contribution in [0.2, 0.25) is 0 Å². The summed E-state index contributed by atoms with van der Waals surface area (Å²) in [5.74, 6) is 1.34. The van der Waals surface area contributed by atoms with E-state index in [1.165, 1.54) is 0 Å². The highest BCUT2D eigenvalue weighted by Crippen LogP contribution is 2.23. The Kier molecular flexibility index (Phi) is 4.60. The average molecular weight is 271 g/mol. The minimum atomic E-state index is -0.0836. The number of anilines is 1. The minimum Gasteiger partial charge on any atom is -0.497 e. The van der Waals surface area contributed by atoms with E-state index in [-0.39, 0.29) is 5.91 Å². The standard InChI is InChI=1S/C16H17NO3/c1-19-13-9-7-12(8-10-13)11-16(18)17-14-5-3-4-6-15(14)20-2/h3-10H,11H2,1-2H3,(H,17,18). The zero-order valence-corrected chi connectivity index (χ0v) is 11.6. The van der Waals surface area contributed by atoms with Crippen molar-refractivity contribution in [3.05, 3.63) is 54.1 Å². The number of nitrogens with one attached hydrogen (secondary N) is 1. The van der Waals surface area contributed by atoms with Crippen molar-refractivity contribution in [3.8, 4) is 11.5 Å². The van der Waals surface area contributed by atoms with Crippen molar-refractivity contribution in [1.29, 1.82) is 0 Å². The highest BCUT2D eigenvalue weighted by atomic mass is 16.5. The van der Waals surface area contributed by atoms with E-state index < -0.39 is 0 Å². The maximum Gasteiger partial charge on any atom is 0.228 e. The van der Waals surface area contributed by atoms with E-state index in [4.69, 9.17) is 9.47 Å². The largest absolute Gasteiger partial charge is 0.497 e. The predicted molar refractivity (Wildman–Crippen MR) is 78.3 cm³/mol. The lowest BCUT2D eigenvalue weighted by Crippen LogP contribution is -2.14. The minimum absolute atomic E-state index is 0.0836. The van der Waals surface area contributed by atoms with E-state index in [2.05, 4.69) is 5.32 Å². The maximum absolute atomic E-state index is 12.0. The third-order valence-corrected chi connectivity index (χ3v) is 2.90. The number of ether oxygens (including phenoxy) is 2. The fourth-order valence-electron chi connectivity index (χ4n) is 1.87. The topological polar surface area (TPSA) is 47.6 Å². The number of benzene rings is 2. The number of rotatable bonds is 5. The fourth-order valence-corrected chi connectivity index (χ4v) is 1.87. The van der Waals surface area contributed by atoms with Crippen LogP contribution in [0, 0.1) is 0 Å². The molecule has 0 unspecified atom stereocenters. The van der Waals surface area contributed by atoms with Crippen LogP contribution in [0.3, 0.4) is 0 Å². The molecule has 0 aliphatic heterocycles. The molecule has 0 aliphatic rings. The van der Waals surface area contributed by atoms with Crippen molar-refractivity contribution in [2.75, 3.05) is 19.5 Å². The second kappa shape index (κ2) is 6.61. The number of hydrogen-bond donors (Lipinski definition) is 1. The van der Waals surface area contributed by atoms with Crippen molar-refractivity contribution in [1.82, 2.24) is 0 Å². The molecule has 2 aromatic rings. The normalized spacial score (nSPS) is 9.90. The summed E-state index contributed by atoms with van der Waals surface area (Å²) in [6.45, 7) is 0. The number of methoxy groups -OCH3 is 2. The van der Waals surface area contributed by atoms with E-state index >= 15 is 0 Å². The van der Waals surface area contributed by atoms with Crippen molar-refractivity contribution in [2.24, 2.45) is 0 Å². The molecule has 20 heavy (non-hydrogen) atoms. The number of amides is 1. The van der Waals surface area contributed by atoms with Crippen LogP contribution in [0.15, 0.2) is 48.5 Å². The van der Waals surface area contributed by atoms with Gasteiger partial charge in [0, 0.05) is 0 Å². The molecule has 4 heteroatoms. The second-order valence-corrected chi connectivity index (χ2v) is 4.27. The molecule has 4 nitrogen and oxygen atoms in total. The lowest BCUT2D eigenvalue weighted by atomic mass is 10.1. The van der Waals surface area contributed by atoms with Gasteiger partial charge in [0.1, 0.15) is 11.5 Å². The molecular formula is C16H17NO3. The van der Waals surface area contributed by atoms with E-state index in [9.17, 15) is 4.79 Å². The number of hydrogen-bond acceptors (Lipinski definition) is 3. The third kappa shape index (κ3) is 3.51. The number of carbonyl (C=O) groups excluding carboxylic acids is 1. The smallest absolute Gasteiger partial charge is 0.228 e. The zero-order valence-electron chi connectivity index (χ0n) is 11.6. The molecule has 0 fully saturated rings. The molecule has 1 N–H and O–H groups in total. The Hall–Kier alpha value is -2.49. The molecule has 104 valence electrons. The van der Waals surface area contributed by atoms with Crippen LogP contribution in [0.5, 0.6) is 11.5 Å². The quantitative estimate of drug-likeness (QED) is 0.909. The summed E-state index contributed by atoms with van der Waals surface area (Å²) >= 11 is 0. The molecule has 0 aliphatic carbocycles. The molecule has 0 bridgehead atoms. The number of carbonyl (C=O) groups is 1. The molecule has 0 radical (unpaired) electrons. The van der Waals surface area contributed by atoms with Crippen LogP contribution in [0.1, 0.15) is 5.56 Å². The summed E-state index contributed by atoms with van der Waals surface area (Å²) in [6.07, 6.45) is 0.308. The number of para-hydroxylation sites is 2. The van der Waals surface area contributed by atoms with Crippen LogP contribution in [0.4, 0.5) is 5.69 Å². The lowest BCUT2D eigenvalue weighted by molar-refractivity contribution is -0.115. The molecule has 2 rings (SSSR count). The molecule has 1 amide bonds. The van der Waals surface area contributed by atoms with Gasteiger partial charge in [-0.05, 0) is 29.8 Å². The van der Waals surface area contributed by atoms with Gasteiger partial charge in [-0.1, -0.05) is 24.3 Å². The van der Waals surface area contributed by atoms with Gasteiger partial charge in [0.2, 0.25) is 5.91 Å². The summed E-state index contributed by atoms with van der Waals surface area (Å²) in [6, 6.07) is 14.8. The van der Waals surface area contributed by atoms with Crippen LogP contribution in [-0.4, -0.2) is 20.1 Å². The summed E-state index contributed by atoms with van der Waals surface area (Å²) in [4.78, 5) is 12.0. The van der Waals surface area contributed by atoms with E-state index in [0.29, 0.717) is 17.9 Å². The summed E-state index contributed by atoms with van der Waals surface area (Å²) < 4.78 is 10.3. The summed E-state index contributed by atoms with van der Waals surface area (Å²) in [7, 11) is 3.19. The third-order valence-electron chi connectivity index (χ3n) is 2.90. The molecule has 0 heterocycles. The summed E-state index contributed by atoms with van der Waals surface area (Å²) in [5.41, 5.74) is 1.60. The van der Waals surface area contributed by atoms with Gasteiger partial charge in [0.15, 0.2) is 0 Å². The zero-order chi connectivity index (χ0) is 14.4. The van der Waals surface area contributed by atoms with Crippen molar-refractivity contribution >= 4 is 11.6 Å². The van der Waals surface area contributed by atoms with E-state index in [1.807, 2.05) is 48.5 Å². The van der Waals surface area contributed by atoms with Gasteiger partial charge in [-0.3, -0.25) is 4.79 Å². The van der Waals surface area contributed by atoms with Crippen molar-refractivity contribution in [2.45, 2.75) is 6.42 Å². The Balaban J connectivity index is 2.01. The molecule has 0 saturated carbocycles. The maximum atomic E-state index is 12.0. The first-order valence-electron chi connectivity index (χ1n) is 6.28. The van der Waals surface area contributed by atoms with Gasteiger partial charge in [-0.25, -0.2) is 0 Å². The molecule has 0 spiro atoms. The van der Waals surface area contributed by atoms with Gasteiger partial charge in [0.25, 0.3) is 0 Å². The molecule has 0 atom stereocenters. The second-order valence-electron chi connectivity index (χ2n) is 4.27. The fraction of sp³-hybridized carbons (Fsp3) is 0.188. The Morgan fingerprint density at radius 3 is 2.35 bits per heavy atom. The van der Waals surface area contributed by atoms with Crippen molar-refractivity contribution in [3.63, 3.8) is 0 Å². The van der Waals surface area contributed by atoms with Crippen molar-refractivity contribution < 1.29 is 14.3 Å². The Morgan fingerprint density at radius 2 is 1.70 bits per heavy atom. The Labute approximate surface area is 118 Å². The highest BCUT2D eigenvalue weighted by molar-refractivity contribution is 5.93. The molecule has 2 aromatic carbocycles.